The van der Waals surface area contributed by atoms with E-state index in [1.54, 1.807) is 20.8 Å². The molecule has 0 saturated heterocycles. The van der Waals surface area contributed by atoms with Crippen LogP contribution in [0.3, 0.4) is 0 Å². The molecule has 0 radical (unpaired) electrons. The maximum absolute atomic E-state index is 13.1. The lowest BCUT2D eigenvalue weighted by atomic mass is 9.80. The smallest absolute Gasteiger partial charge is 0.338 e. The van der Waals surface area contributed by atoms with E-state index in [1.807, 2.05) is 60.7 Å². The SMILES string of the molecule is CCOC(=O)C1=C(C)OC(c2ccccc2)=C(C(=O)OCC)C1c1ccccc1. The van der Waals surface area contributed by atoms with Crippen LogP contribution in [0.2, 0.25) is 0 Å². The number of carbonyl (C=O) groups is 2. The van der Waals surface area contributed by atoms with Crippen LogP contribution in [0, 0.1) is 0 Å². The summed E-state index contributed by atoms with van der Waals surface area (Å²) in [6.45, 7) is 5.64. The second-order valence-corrected chi connectivity index (χ2v) is 6.47. The van der Waals surface area contributed by atoms with Crippen molar-refractivity contribution in [2.24, 2.45) is 0 Å². The number of allylic oxidation sites excluding steroid dienone is 1. The van der Waals surface area contributed by atoms with Gasteiger partial charge >= 0.3 is 11.9 Å². The maximum Gasteiger partial charge on any atom is 0.338 e. The van der Waals surface area contributed by atoms with Gasteiger partial charge in [-0.2, -0.15) is 0 Å². The zero-order valence-electron chi connectivity index (χ0n) is 16.8. The van der Waals surface area contributed by atoms with Gasteiger partial charge in [-0.15, -0.1) is 0 Å². The third kappa shape index (κ3) is 4.24. The van der Waals surface area contributed by atoms with Crippen LogP contribution in [0.5, 0.6) is 0 Å². The van der Waals surface area contributed by atoms with E-state index >= 15 is 0 Å². The Morgan fingerprint density at radius 2 is 1.34 bits per heavy atom. The molecule has 5 nitrogen and oxygen atoms in total. The lowest BCUT2D eigenvalue weighted by molar-refractivity contribution is -0.139. The highest BCUT2D eigenvalue weighted by atomic mass is 16.5. The third-order valence-corrected chi connectivity index (χ3v) is 4.62. The molecule has 0 N–H and O–H groups in total. The number of ether oxygens (including phenoxy) is 3. The van der Waals surface area contributed by atoms with E-state index in [0.29, 0.717) is 17.1 Å². The van der Waals surface area contributed by atoms with Crippen LogP contribution < -0.4 is 0 Å². The molecular weight excluding hydrogens is 368 g/mol. The van der Waals surface area contributed by atoms with Gasteiger partial charge in [0, 0.05) is 5.56 Å². The second-order valence-electron chi connectivity index (χ2n) is 6.47. The van der Waals surface area contributed by atoms with Gasteiger partial charge in [0.1, 0.15) is 11.5 Å². The van der Waals surface area contributed by atoms with Gasteiger partial charge in [0.2, 0.25) is 0 Å². The molecule has 2 aromatic carbocycles. The molecule has 0 spiro atoms. The summed E-state index contributed by atoms with van der Waals surface area (Å²) in [6, 6.07) is 18.7. The maximum atomic E-state index is 13.1. The fraction of sp³-hybridized carbons (Fsp3) is 0.250. The number of carbonyl (C=O) groups excluding carboxylic acids is 2. The van der Waals surface area contributed by atoms with Crippen molar-refractivity contribution in [3.05, 3.63) is 88.7 Å². The molecule has 150 valence electrons. The van der Waals surface area contributed by atoms with Crippen molar-refractivity contribution in [2.75, 3.05) is 13.2 Å². The molecule has 3 rings (SSSR count). The van der Waals surface area contributed by atoms with E-state index in [2.05, 4.69) is 0 Å². The van der Waals surface area contributed by atoms with Gasteiger partial charge in [0.05, 0.1) is 30.3 Å². The predicted octanol–water partition coefficient (Wildman–Crippen LogP) is 4.61. The number of hydrogen-bond donors (Lipinski definition) is 0. The average molecular weight is 392 g/mol. The van der Waals surface area contributed by atoms with Gasteiger partial charge < -0.3 is 14.2 Å². The molecule has 29 heavy (non-hydrogen) atoms. The Hall–Kier alpha value is -3.34. The van der Waals surface area contributed by atoms with E-state index in [0.717, 1.165) is 11.1 Å². The molecule has 1 unspecified atom stereocenters. The van der Waals surface area contributed by atoms with Crippen LogP contribution in [-0.2, 0) is 23.8 Å². The Morgan fingerprint density at radius 3 is 1.90 bits per heavy atom. The molecule has 0 aromatic heterocycles. The summed E-state index contributed by atoms with van der Waals surface area (Å²) in [4.78, 5) is 25.9. The highest BCUT2D eigenvalue weighted by molar-refractivity contribution is 6.04. The Labute approximate surface area is 170 Å². The monoisotopic (exact) mass is 392 g/mol. The summed E-state index contributed by atoms with van der Waals surface area (Å²) in [5, 5.41) is 0. The number of rotatable bonds is 6. The van der Waals surface area contributed by atoms with Crippen molar-refractivity contribution >= 4 is 17.7 Å². The normalized spacial score (nSPS) is 16.3. The van der Waals surface area contributed by atoms with Gasteiger partial charge in [0.15, 0.2) is 0 Å². The highest BCUT2D eigenvalue weighted by Crippen LogP contribution is 2.44. The van der Waals surface area contributed by atoms with Crippen LogP contribution >= 0.6 is 0 Å². The molecule has 0 amide bonds. The summed E-state index contributed by atoms with van der Waals surface area (Å²) in [5.41, 5.74) is 2.12. The Kier molecular flexibility index (Phi) is 6.50. The van der Waals surface area contributed by atoms with Crippen LogP contribution in [0.4, 0.5) is 0 Å². The quantitative estimate of drug-likeness (QED) is 0.672. The molecule has 0 aliphatic carbocycles. The van der Waals surface area contributed by atoms with Gasteiger partial charge in [-0.05, 0) is 26.3 Å². The first-order chi connectivity index (χ1) is 14.1. The van der Waals surface area contributed by atoms with Gasteiger partial charge in [-0.3, -0.25) is 0 Å². The molecule has 1 aliphatic rings. The van der Waals surface area contributed by atoms with Crippen molar-refractivity contribution in [3.8, 4) is 0 Å². The molecule has 1 heterocycles. The average Bonchev–Trinajstić information content (AvgIpc) is 2.74. The fourth-order valence-corrected chi connectivity index (χ4v) is 3.41. The van der Waals surface area contributed by atoms with Crippen LogP contribution in [0.1, 0.15) is 37.8 Å². The van der Waals surface area contributed by atoms with E-state index in [1.165, 1.54) is 0 Å². The highest BCUT2D eigenvalue weighted by Gasteiger charge is 2.40. The van der Waals surface area contributed by atoms with E-state index in [4.69, 9.17) is 14.2 Å². The van der Waals surface area contributed by atoms with Crippen molar-refractivity contribution in [1.29, 1.82) is 0 Å². The van der Waals surface area contributed by atoms with Crippen molar-refractivity contribution in [1.82, 2.24) is 0 Å². The first-order valence-electron chi connectivity index (χ1n) is 9.65. The van der Waals surface area contributed by atoms with E-state index in [9.17, 15) is 9.59 Å². The topological polar surface area (TPSA) is 61.8 Å². The van der Waals surface area contributed by atoms with Crippen molar-refractivity contribution < 1.29 is 23.8 Å². The van der Waals surface area contributed by atoms with Crippen LogP contribution in [-0.4, -0.2) is 25.2 Å². The van der Waals surface area contributed by atoms with Gasteiger partial charge in [-0.25, -0.2) is 9.59 Å². The van der Waals surface area contributed by atoms with Crippen molar-refractivity contribution in [2.45, 2.75) is 26.7 Å². The van der Waals surface area contributed by atoms with Gasteiger partial charge in [-0.1, -0.05) is 60.7 Å². The Bertz CT molecular complexity index is 942. The van der Waals surface area contributed by atoms with E-state index < -0.39 is 17.9 Å². The largest absolute Gasteiger partial charge is 0.463 e. The Balaban J connectivity index is 2.27. The number of hydrogen-bond acceptors (Lipinski definition) is 5. The number of esters is 2. The van der Waals surface area contributed by atoms with Crippen LogP contribution in [0.15, 0.2) is 77.6 Å². The second kappa shape index (κ2) is 9.24. The molecular formula is C24H24O5. The lowest BCUT2D eigenvalue weighted by Gasteiger charge is -2.30. The zero-order chi connectivity index (χ0) is 20.8. The third-order valence-electron chi connectivity index (χ3n) is 4.62. The number of benzene rings is 2. The first-order valence-corrected chi connectivity index (χ1v) is 9.65. The first kappa shape index (κ1) is 20.4. The summed E-state index contributed by atoms with van der Waals surface area (Å²) >= 11 is 0. The molecule has 0 fully saturated rings. The molecule has 2 aromatic rings. The molecule has 1 aliphatic heterocycles. The lowest BCUT2D eigenvalue weighted by Crippen LogP contribution is -2.27. The summed E-state index contributed by atoms with van der Waals surface area (Å²) in [5.74, 6) is -0.881. The van der Waals surface area contributed by atoms with E-state index in [-0.39, 0.29) is 18.8 Å². The van der Waals surface area contributed by atoms with Crippen LogP contribution in [0.25, 0.3) is 5.76 Å². The summed E-state index contributed by atoms with van der Waals surface area (Å²) < 4.78 is 16.7. The molecule has 0 saturated carbocycles. The van der Waals surface area contributed by atoms with Gasteiger partial charge in [0.25, 0.3) is 0 Å². The summed E-state index contributed by atoms with van der Waals surface area (Å²) in [6.07, 6.45) is 0. The Morgan fingerprint density at radius 1 is 0.828 bits per heavy atom. The molecule has 1 atom stereocenters. The minimum atomic E-state index is -0.654. The summed E-state index contributed by atoms with van der Waals surface area (Å²) in [7, 11) is 0. The molecule has 5 heteroatoms. The fourth-order valence-electron chi connectivity index (χ4n) is 3.41. The predicted molar refractivity (Wildman–Crippen MR) is 110 cm³/mol. The minimum absolute atomic E-state index is 0.212. The van der Waals surface area contributed by atoms with Crippen molar-refractivity contribution in [3.63, 3.8) is 0 Å². The molecule has 0 bridgehead atoms. The zero-order valence-corrected chi connectivity index (χ0v) is 16.8. The standard InChI is InChI=1S/C24H24O5/c1-4-27-23(25)19-16(3)29-22(18-14-10-7-11-15-18)21(24(26)28-5-2)20(19)17-12-8-6-9-13-17/h6-15,20H,4-5H2,1-3H3. The minimum Gasteiger partial charge on any atom is -0.463 e.